The molecule has 2 aromatic rings. The molecule has 0 atom stereocenters. The average molecular weight is 285 g/mol. The van der Waals surface area contributed by atoms with Gasteiger partial charge in [0.2, 0.25) is 5.78 Å². The maximum Gasteiger partial charge on any atom is 0.337 e. The molecule has 0 aliphatic rings. The molecule has 5 nitrogen and oxygen atoms in total. The van der Waals surface area contributed by atoms with E-state index >= 15 is 0 Å². The second kappa shape index (κ2) is 6.09. The molecule has 1 heterocycles. The molecule has 1 aromatic heterocycles. The largest absolute Gasteiger partial charge is 0.478 e. The van der Waals surface area contributed by atoms with E-state index in [0.717, 1.165) is 0 Å². The van der Waals surface area contributed by atoms with Gasteiger partial charge >= 0.3 is 5.97 Å². The number of ketones is 1. The van der Waals surface area contributed by atoms with E-state index in [1.54, 1.807) is 44.2 Å². The topological polar surface area (TPSA) is 79.5 Å². The first-order valence-electron chi connectivity index (χ1n) is 6.36. The van der Waals surface area contributed by atoms with Gasteiger partial charge in [0.1, 0.15) is 5.76 Å². The molecule has 0 radical (unpaired) electrons. The monoisotopic (exact) mass is 285 g/mol. The zero-order chi connectivity index (χ0) is 15.4. The summed E-state index contributed by atoms with van der Waals surface area (Å²) in [6.07, 6.45) is 1.37. The Hall–Kier alpha value is -2.82. The van der Waals surface area contributed by atoms with Crippen molar-refractivity contribution in [2.24, 2.45) is 0 Å². The van der Waals surface area contributed by atoms with Crippen molar-refractivity contribution in [3.8, 4) is 0 Å². The van der Waals surface area contributed by atoms with Gasteiger partial charge in [-0.15, -0.1) is 0 Å². The number of nitrogens with one attached hydrogen (secondary N) is 1. The minimum atomic E-state index is -1.03. The first-order valence-corrected chi connectivity index (χ1v) is 6.36. The molecule has 0 aliphatic carbocycles. The van der Waals surface area contributed by atoms with Gasteiger partial charge < -0.3 is 14.8 Å². The lowest BCUT2D eigenvalue weighted by Crippen LogP contribution is -2.06. The third-order valence-electron chi connectivity index (χ3n) is 2.82. The Bertz CT molecular complexity index is 713. The Balaban J connectivity index is 2.18. The molecule has 2 rings (SSSR count). The number of aromatic carboxylic acids is 1. The Kier molecular flexibility index (Phi) is 4.23. The average Bonchev–Trinajstić information content (AvgIpc) is 2.85. The lowest BCUT2D eigenvalue weighted by molar-refractivity contribution is 0.0698. The van der Waals surface area contributed by atoms with Crippen LogP contribution in [0.4, 0.5) is 5.69 Å². The fourth-order valence-electron chi connectivity index (χ4n) is 1.86. The molecular weight excluding hydrogens is 270 g/mol. The fraction of sp³-hybridized carbons (Fsp3) is 0.125. The molecule has 108 valence electrons. The SMILES string of the molecule is C/C(=C\C(=O)c1ccc(C)o1)Nc1ccccc1C(=O)O. The minimum Gasteiger partial charge on any atom is -0.478 e. The molecule has 0 bridgehead atoms. The number of benzene rings is 1. The number of para-hydroxylation sites is 1. The molecular formula is C16H15NO4. The predicted molar refractivity (Wildman–Crippen MR) is 78.6 cm³/mol. The summed E-state index contributed by atoms with van der Waals surface area (Å²) in [6.45, 7) is 3.45. The fourth-order valence-corrected chi connectivity index (χ4v) is 1.86. The first kappa shape index (κ1) is 14.6. The van der Waals surface area contributed by atoms with Crippen LogP contribution in [0.15, 0.2) is 52.6 Å². The maximum absolute atomic E-state index is 12.0. The molecule has 0 amide bonds. The minimum absolute atomic E-state index is 0.145. The number of carboxylic acid groups (broad SMARTS) is 1. The van der Waals surface area contributed by atoms with Crippen LogP contribution >= 0.6 is 0 Å². The first-order chi connectivity index (χ1) is 9.97. The molecule has 0 fully saturated rings. The summed E-state index contributed by atoms with van der Waals surface area (Å²) >= 11 is 0. The second-order valence-corrected chi connectivity index (χ2v) is 4.58. The van der Waals surface area contributed by atoms with Crippen LogP contribution in [-0.4, -0.2) is 16.9 Å². The van der Waals surface area contributed by atoms with E-state index in [1.807, 2.05) is 0 Å². The van der Waals surface area contributed by atoms with Crippen molar-refractivity contribution in [1.29, 1.82) is 0 Å². The number of hydrogen-bond donors (Lipinski definition) is 2. The molecule has 0 unspecified atom stereocenters. The van der Waals surface area contributed by atoms with E-state index in [1.165, 1.54) is 12.1 Å². The third kappa shape index (κ3) is 3.60. The Morgan fingerprint density at radius 2 is 1.90 bits per heavy atom. The van der Waals surface area contributed by atoms with Gasteiger partial charge in [-0.1, -0.05) is 12.1 Å². The summed E-state index contributed by atoms with van der Waals surface area (Å²) in [5.74, 6) is -0.395. The van der Waals surface area contributed by atoms with E-state index < -0.39 is 5.97 Å². The third-order valence-corrected chi connectivity index (χ3v) is 2.82. The summed E-state index contributed by atoms with van der Waals surface area (Å²) in [7, 11) is 0. The predicted octanol–water partition coefficient (Wildman–Crippen LogP) is 3.48. The highest BCUT2D eigenvalue weighted by atomic mass is 16.4. The van der Waals surface area contributed by atoms with Gasteiger partial charge in [0, 0.05) is 11.8 Å². The number of rotatable bonds is 5. The van der Waals surface area contributed by atoms with Crippen LogP contribution in [0, 0.1) is 6.92 Å². The van der Waals surface area contributed by atoms with Crippen molar-refractivity contribution in [2.75, 3.05) is 5.32 Å². The summed E-state index contributed by atoms with van der Waals surface area (Å²) in [6, 6.07) is 9.82. The Morgan fingerprint density at radius 3 is 2.52 bits per heavy atom. The summed E-state index contributed by atoms with van der Waals surface area (Å²) in [4.78, 5) is 23.1. The summed E-state index contributed by atoms with van der Waals surface area (Å²) in [5, 5.41) is 12.0. The Labute approximate surface area is 121 Å². The quantitative estimate of drug-likeness (QED) is 0.649. The van der Waals surface area contributed by atoms with Gasteiger partial charge in [-0.25, -0.2) is 4.79 Å². The number of carbonyl (C=O) groups excluding carboxylic acids is 1. The molecule has 5 heteroatoms. The summed E-state index contributed by atoms with van der Waals surface area (Å²) in [5.41, 5.74) is 1.11. The molecule has 2 N–H and O–H groups in total. The highest BCUT2D eigenvalue weighted by molar-refractivity contribution is 6.03. The van der Waals surface area contributed by atoms with Crippen molar-refractivity contribution in [3.05, 3.63) is 65.3 Å². The lowest BCUT2D eigenvalue weighted by Gasteiger charge is -2.09. The van der Waals surface area contributed by atoms with Crippen LogP contribution in [0.1, 0.15) is 33.6 Å². The number of hydrogen-bond acceptors (Lipinski definition) is 4. The zero-order valence-corrected chi connectivity index (χ0v) is 11.7. The van der Waals surface area contributed by atoms with E-state index in [-0.39, 0.29) is 17.1 Å². The van der Waals surface area contributed by atoms with Crippen LogP contribution in [0.3, 0.4) is 0 Å². The van der Waals surface area contributed by atoms with Gasteiger partial charge in [0.15, 0.2) is 5.76 Å². The van der Waals surface area contributed by atoms with E-state index in [2.05, 4.69) is 5.32 Å². The van der Waals surface area contributed by atoms with Crippen LogP contribution < -0.4 is 5.32 Å². The normalized spacial score (nSPS) is 11.2. The van der Waals surface area contributed by atoms with Gasteiger partial charge in [-0.2, -0.15) is 0 Å². The van der Waals surface area contributed by atoms with Crippen LogP contribution in [-0.2, 0) is 0 Å². The molecule has 0 saturated carbocycles. The standard InChI is InChI=1S/C16H15NO4/c1-10(9-14(18)15-8-7-11(2)21-15)17-13-6-4-3-5-12(13)16(19)20/h3-9,17H,1-2H3,(H,19,20)/b10-9+. The van der Waals surface area contributed by atoms with Crippen molar-refractivity contribution >= 4 is 17.4 Å². The number of furan rings is 1. The molecule has 21 heavy (non-hydrogen) atoms. The van der Waals surface area contributed by atoms with Gasteiger partial charge in [0.05, 0.1) is 11.3 Å². The Morgan fingerprint density at radius 1 is 1.19 bits per heavy atom. The van der Waals surface area contributed by atoms with Crippen molar-refractivity contribution < 1.29 is 19.1 Å². The smallest absolute Gasteiger partial charge is 0.337 e. The molecule has 0 spiro atoms. The summed E-state index contributed by atoms with van der Waals surface area (Å²) < 4.78 is 5.24. The van der Waals surface area contributed by atoms with E-state index in [0.29, 0.717) is 17.1 Å². The molecule has 0 saturated heterocycles. The lowest BCUT2D eigenvalue weighted by atomic mass is 10.1. The van der Waals surface area contributed by atoms with Gasteiger partial charge in [-0.3, -0.25) is 4.79 Å². The molecule has 1 aromatic carbocycles. The number of carboxylic acids is 1. The highest BCUT2D eigenvalue weighted by Gasteiger charge is 2.11. The second-order valence-electron chi connectivity index (χ2n) is 4.58. The number of carbonyl (C=O) groups is 2. The number of anilines is 1. The zero-order valence-electron chi connectivity index (χ0n) is 11.7. The van der Waals surface area contributed by atoms with Crippen LogP contribution in [0.25, 0.3) is 0 Å². The highest BCUT2D eigenvalue weighted by Crippen LogP contribution is 2.17. The van der Waals surface area contributed by atoms with E-state index in [4.69, 9.17) is 9.52 Å². The molecule has 0 aliphatic heterocycles. The van der Waals surface area contributed by atoms with Crippen LogP contribution in [0.2, 0.25) is 0 Å². The van der Waals surface area contributed by atoms with E-state index in [9.17, 15) is 9.59 Å². The van der Waals surface area contributed by atoms with Crippen molar-refractivity contribution in [1.82, 2.24) is 0 Å². The van der Waals surface area contributed by atoms with Crippen LogP contribution in [0.5, 0.6) is 0 Å². The van der Waals surface area contributed by atoms with Crippen molar-refractivity contribution in [2.45, 2.75) is 13.8 Å². The maximum atomic E-state index is 12.0. The van der Waals surface area contributed by atoms with Gasteiger partial charge in [-0.05, 0) is 38.1 Å². The number of aryl methyl sites for hydroxylation is 1. The van der Waals surface area contributed by atoms with Gasteiger partial charge in [0.25, 0.3) is 0 Å². The number of allylic oxidation sites excluding steroid dienone is 2. The van der Waals surface area contributed by atoms with Crippen molar-refractivity contribution in [3.63, 3.8) is 0 Å².